The van der Waals surface area contributed by atoms with Gasteiger partial charge in [-0.3, -0.25) is 4.90 Å². The van der Waals surface area contributed by atoms with E-state index in [1.807, 2.05) is 7.11 Å². The summed E-state index contributed by atoms with van der Waals surface area (Å²) < 4.78 is 11.4. The molecule has 2 aliphatic heterocycles. The zero-order valence-electron chi connectivity index (χ0n) is 18.9. The lowest BCUT2D eigenvalue weighted by Gasteiger charge is -2.39. The third-order valence-electron chi connectivity index (χ3n) is 8.39. The summed E-state index contributed by atoms with van der Waals surface area (Å²) in [6.45, 7) is 6.33. The molecule has 2 aliphatic carbocycles. The predicted octanol–water partition coefficient (Wildman–Crippen LogP) is 5.02. The average molecular weight is 413 g/mol. The van der Waals surface area contributed by atoms with Gasteiger partial charge >= 0.3 is 0 Å². The molecule has 2 heterocycles. The number of methoxy groups -OCH3 is 1. The average Bonchev–Trinajstić information content (AvgIpc) is 3.13. The van der Waals surface area contributed by atoms with E-state index in [1.165, 1.54) is 75.6 Å². The Labute approximate surface area is 182 Å². The van der Waals surface area contributed by atoms with Gasteiger partial charge in [-0.2, -0.15) is 0 Å². The molecule has 0 aromatic heterocycles. The van der Waals surface area contributed by atoms with Gasteiger partial charge in [-0.1, -0.05) is 25.0 Å². The molecule has 0 radical (unpaired) electrons. The van der Waals surface area contributed by atoms with Gasteiger partial charge in [-0.05, 0) is 93.0 Å². The molecule has 4 fully saturated rings. The van der Waals surface area contributed by atoms with Crippen LogP contribution in [0.1, 0.15) is 74.8 Å². The first-order valence-electron chi connectivity index (χ1n) is 12.5. The highest BCUT2D eigenvalue weighted by atomic mass is 16.5. The lowest BCUT2D eigenvalue weighted by molar-refractivity contribution is -0.0177. The van der Waals surface area contributed by atoms with Gasteiger partial charge in [-0.15, -0.1) is 0 Å². The highest BCUT2D eigenvalue weighted by molar-refractivity contribution is 5.40. The van der Waals surface area contributed by atoms with Gasteiger partial charge < -0.3 is 14.4 Å². The molecule has 166 valence electrons. The zero-order valence-corrected chi connectivity index (χ0v) is 18.9. The Morgan fingerprint density at radius 2 is 1.80 bits per heavy atom. The first kappa shape index (κ1) is 20.8. The van der Waals surface area contributed by atoms with Gasteiger partial charge in [0.1, 0.15) is 5.75 Å². The molecule has 2 bridgehead atoms. The molecule has 2 saturated carbocycles. The van der Waals surface area contributed by atoms with Crippen LogP contribution in [-0.4, -0.2) is 55.9 Å². The molecule has 4 aliphatic rings. The third-order valence-corrected chi connectivity index (χ3v) is 8.39. The molecule has 1 aromatic carbocycles. The largest absolute Gasteiger partial charge is 0.496 e. The molecule has 30 heavy (non-hydrogen) atoms. The van der Waals surface area contributed by atoms with Crippen LogP contribution in [0.15, 0.2) is 18.2 Å². The fourth-order valence-corrected chi connectivity index (χ4v) is 6.73. The number of piperidine rings is 1. The van der Waals surface area contributed by atoms with E-state index in [4.69, 9.17) is 9.47 Å². The number of hydrogen-bond donors (Lipinski definition) is 0. The van der Waals surface area contributed by atoms with Gasteiger partial charge in [0, 0.05) is 25.7 Å². The van der Waals surface area contributed by atoms with Crippen molar-refractivity contribution in [1.82, 2.24) is 9.80 Å². The van der Waals surface area contributed by atoms with Crippen molar-refractivity contribution in [2.45, 2.75) is 76.3 Å². The van der Waals surface area contributed by atoms with Crippen LogP contribution in [0.2, 0.25) is 0 Å². The zero-order chi connectivity index (χ0) is 20.3. The van der Waals surface area contributed by atoms with E-state index in [2.05, 4.69) is 28.0 Å². The SMILES string of the molecule is COc1ccc(CN2CCCOC2)cc1C1CCN(C2CC[C@H]3CCC(C2)C3)CC1. The molecule has 2 unspecified atom stereocenters. The van der Waals surface area contributed by atoms with Gasteiger partial charge in [0.15, 0.2) is 0 Å². The number of hydrogen-bond acceptors (Lipinski definition) is 4. The molecule has 0 amide bonds. The summed E-state index contributed by atoms with van der Waals surface area (Å²) in [5.74, 6) is 3.79. The van der Waals surface area contributed by atoms with Crippen molar-refractivity contribution >= 4 is 0 Å². The van der Waals surface area contributed by atoms with Crippen LogP contribution in [-0.2, 0) is 11.3 Å². The van der Waals surface area contributed by atoms with Crippen LogP contribution >= 0.6 is 0 Å². The van der Waals surface area contributed by atoms with Gasteiger partial charge in [0.05, 0.1) is 13.8 Å². The molecule has 4 nitrogen and oxygen atoms in total. The van der Waals surface area contributed by atoms with Crippen molar-refractivity contribution in [1.29, 1.82) is 0 Å². The Bertz CT molecular complexity index is 694. The summed E-state index contributed by atoms with van der Waals surface area (Å²) in [5, 5.41) is 0. The van der Waals surface area contributed by atoms with Crippen LogP contribution in [0.4, 0.5) is 0 Å². The van der Waals surface area contributed by atoms with E-state index in [0.29, 0.717) is 5.92 Å². The Balaban J connectivity index is 1.22. The topological polar surface area (TPSA) is 24.9 Å². The minimum atomic E-state index is 0.635. The molecule has 0 N–H and O–H groups in total. The second-order valence-corrected chi connectivity index (χ2v) is 10.3. The Hall–Kier alpha value is -1.10. The van der Waals surface area contributed by atoms with E-state index in [9.17, 15) is 0 Å². The number of benzene rings is 1. The van der Waals surface area contributed by atoms with Crippen molar-refractivity contribution in [2.24, 2.45) is 11.8 Å². The van der Waals surface area contributed by atoms with Crippen LogP contribution in [0.25, 0.3) is 0 Å². The smallest absolute Gasteiger partial charge is 0.122 e. The Morgan fingerprint density at radius 1 is 0.967 bits per heavy atom. The van der Waals surface area contributed by atoms with E-state index in [0.717, 1.165) is 56.5 Å². The third kappa shape index (κ3) is 4.71. The van der Waals surface area contributed by atoms with E-state index in [1.54, 1.807) is 0 Å². The number of fused-ring (bicyclic) bond motifs is 2. The van der Waals surface area contributed by atoms with E-state index in [-0.39, 0.29) is 0 Å². The van der Waals surface area contributed by atoms with Crippen molar-refractivity contribution in [3.63, 3.8) is 0 Å². The summed E-state index contributed by atoms with van der Waals surface area (Å²) in [4.78, 5) is 5.26. The predicted molar refractivity (Wildman–Crippen MR) is 121 cm³/mol. The second-order valence-electron chi connectivity index (χ2n) is 10.3. The summed E-state index contributed by atoms with van der Waals surface area (Å²) in [6.07, 6.45) is 12.6. The standard InChI is InChI=1S/C26H40N2O2/c1-29-26-8-6-22(18-27-11-2-14-30-19-27)17-25(26)23-9-12-28(13-10-23)24-7-5-20-3-4-21(15-20)16-24/h6,8,17,20-21,23-24H,2-5,7,9-16,18-19H2,1H3/t20-,21?,24?/m1/s1. The van der Waals surface area contributed by atoms with Crippen LogP contribution in [0.3, 0.4) is 0 Å². The maximum atomic E-state index is 5.78. The number of nitrogens with zero attached hydrogens (tertiary/aromatic N) is 2. The van der Waals surface area contributed by atoms with Crippen LogP contribution < -0.4 is 4.74 Å². The second kappa shape index (κ2) is 9.58. The fraction of sp³-hybridized carbons (Fsp3) is 0.769. The van der Waals surface area contributed by atoms with Crippen molar-refractivity contribution in [3.8, 4) is 5.75 Å². The van der Waals surface area contributed by atoms with Gasteiger partial charge in [-0.25, -0.2) is 0 Å². The lowest BCUT2D eigenvalue weighted by atomic mass is 9.86. The normalized spacial score (nSPS) is 31.6. The summed E-state index contributed by atoms with van der Waals surface area (Å²) in [5.41, 5.74) is 2.84. The van der Waals surface area contributed by atoms with Crippen LogP contribution in [0.5, 0.6) is 5.75 Å². The van der Waals surface area contributed by atoms with Crippen molar-refractivity contribution in [3.05, 3.63) is 29.3 Å². The van der Waals surface area contributed by atoms with E-state index < -0.39 is 0 Å². The maximum Gasteiger partial charge on any atom is 0.122 e. The number of rotatable bonds is 5. The summed E-state index contributed by atoms with van der Waals surface area (Å²) in [6, 6.07) is 7.73. The molecular formula is C26H40N2O2. The molecule has 1 aromatic rings. The van der Waals surface area contributed by atoms with Crippen molar-refractivity contribution < 1.29 is 9.47 Å². The quantitative estimate of drug-likeness (QED) is 0.678. The molecule has 4 heteroatoms. The van der Waals surface area contributed by atoms with E-state index >= 15 is 0 Å². The monoisotopic (exact) mass is 412 g/mol. The first-order chi connectivity index (χ1) is 14.8. The minimum absolute atomic E-state index is 0.635. The molecule has 0 spiro atoms. The number of ether oxygens (including phenoxy) is 2. The molecule has 5 rings (SSSR count). The van der Waals surface area contributed by atoms with Gasteiger partial charge in [0.25, 0.3) is 0 Å². The Kier molecular flexibility index (Phi) is 6.64. The minimum Gasteiger partial charge on any atom is -0.496 e. The Morgan fingerprint density at radius 3 is 2.60 bits per heavy atom. The summed E-state index contributed by atoms with van der Waals surface area (Å²) in [7, 11) is 1.83. The lowest BCUT2D eigenvalue weighted by Crippen LogP contribution is -2.41. The van der Waals surface area contributed by atoms with Crippen molar-refractivity contribution in [2.75, 3.05) is 40.1 Å². The number of likely N-dealkylation sites (tertiary alicyclic amines) is 1. The highest BCUT2D eigenvalue weighted by Crippen LogP contribution is 2.43. The molecule has 3 atom stereocenters. The van der Waals surface area contributed by atoms with Gasteiger partial charge in [0.2, 0.25) is 0 Å². The highest BCUT2D eigenvalue weighted by Gasteiger charge is 2.35. The van der Waals surface area contributed by atoms with Crippen LogP contribution in [0, 0.1) is 11.8 Å². The molecule has 2 saturated heterocycles. The molecular weight excluding hydrogens is 372 g/mol. The first-order valence-corrected chi connectivity index (χ1v) is 12.5. The fourth-order valence-electron chi connectivity index (χ4n) is 6.73. The summed E-state index contributed by atoms with van der Waals surface area (Å²) >= 11 is 0. The maximum absolute atomic E-state index is 5.78.